The van der Waals surface area contributed by atoms with Crippen LogP contribution < -0.4 is 0 Å². The topological polar surface area (TPSA) is 38.7 Å². The number of rotatable bonds is 6. The Morgan fingerprint density at radius 2 is 0.740 bits per heavy atom. The molecule has 0 aliphatic carbocycles. The minimum atomic E-state index is 0.818. The normalized spacial score (nSPS) is 11.2. The lowest BCUT2D eigenvalue weighted by molar-refractivity contribution is 1.22. The lowest BCUT2D eigenvalue weighted by atomic mass is 9.90. The van der Waals surface area contributed by atoms with E-state index in [1.807, 2.05) is 36.4 Å². The maximum Gasteiger partial charge on any atom is 0.0900 e. The Kier molecular flexibility index (Phi) is 7.49. The van der Waals surface area contributed by atoms with Crippen LogP contribution in [0.15, 0.2) is 188 Å². The van der Waals surface area contributed by atoms with Crippen LogP contribution in [0.4, 0.5) is 0 Å². The Labute approximate surface area is 291 Å². The molecule has 0 fully saturated rings. The number of pyridine rings is 3. The Balaban J connectivity index is 1.07. The second-order valence-corrected chi connectivity index (χ2v) is 12.4. The minimum absolute atomic E-state index is 0.818. The van der Waals surface area contributed by atoms with Gasteiger partial charge in [-0.1, -0.05) is 133 Å². The van der Waals surface area contributed by atoms with Crippen molar-refractivity contribution in [3.63, 3.8) is 0 Å². The second kappa shape index (κ2) is 12.7. The van der Waals surface area contributed by atoms with Crippen molar-refractivity contribution in [3.05, 3.63) is 188 Å². The molecule has 234 valence electrons. The zero-order chi connectivity index (χ0) is 33.3. The maximum absolute atomic E-state index is 4.94. The molecule has 9 aromatic rings. The molecule has 0 bridgehead atoms. The van der Waals surface area contributed by atoms with Crippen molar-refractivity contribution < 1.29 is 0 Å². The Bertz CT molecular complexity index is 2550. The van der Waals surface area contributed by atoms with Gasteiger partial charge in [-0.05, 0) is 109 Å². The summed E-state index contributed by atoms with van der Waals surface area (Å²) in [5.74, 6) is 0. The SMILES string of the molecule is c1ccc(-c2cc(-c3ccc(-c4ccccc4-c4ccc(-c5cc6ccccc6c6ccccc56)cc4)cc3)cc(-c3ccccn3)n2)nc1. The van der Waals surface area contributed by atoms with Gasteiger partial charge >= 0.3 is 0 Å². The first-order valence-electron chi connectivity index (χ1n) is 16.8. The largest absolute Gasteiger partial charge is 0.255 e. The summed E-state index contributed by atoms with van der Waals surface area (Å²) in [7, 11) is 0. The molecule has 9 rings (SSSR count). The first-order valence-corrected chi connectivity index (χ1v) is 16.8. The van der Waals surface area contributed by atoms with Crippen LogP contribution in [0.2, 0.25) is 0 Å². The van der Waals surface area contributed by atoms with Gasteiger partial charge in [-0.15, -0.1) is 0 Å². The molecular weight excluding hydrogens is 607 g/mol. The van der Waals surface area contributed by atoms with E-state index in [1.54, 1.807) is 12.4 Å². The summed E-state index contributed by atoms with van der Waals surface area (Å²) < 4.78 is 0. The van der Waals surface area contributed by atoms with Crippen LogP contribution in [0, 0.1) is 0 Å². The van der Waals surface area contributed by atoms with Crippen LogP contribution >= 0.6 is 0 Å². The number of nitrogens with zero attached hydrogens (tertiary/aromatic N) is 3. The van der Waals surface area contributed by atoms with Gasteiger partial charge in [0.2, 0.25) is 0 Å². The minimum Gasteiger partial charge on any atom is -0.255 e. The van der Waals surface area contributed by atoms with Crippen LogP contribution in [0.1, 0.15) is 0 Å². The van der Waals surface area contributed by atoms with E-state index in [1.165, 1.54) is 49.4 Å². The summed E-state index contributed by atoms with van der Waals surface area (Å²) in [6.45, 7) is 0. The van der Waals surface area contributed by atoms with E-state index >= 15 is 0 Å². The van der Waals surface area contributed by atoms with E-state index in [2.05, 4.69) is 149 Å². The predicted molar refractivity (Wildman–Crippen MR) is 207 cm³/mol. The fraction of sp³-hybridized carbons (Fsp3) is 0. The molecule has 0 radical (unpaired) electrons. The molecule has 0 atom stereocenters. The van der Waals surface area contributed by atoms with Crippen molar-refractivity contribution in [2.45, 2.75) is 0 Å². The summed E-state index contributed by atoms with van der Waals surface area (Å²) in [6.07, 6.45) is 3.60. The zero-order valence-electron chi connectivity index (χ0n) is 27.2. The number of fused-ring (bicyclic) bond motifs is 3. The van der Waals surface area contributed by atoms with Crippen molar-refractivity contribution in [3.8, 4) is 67.3 Å². The molecule has 0 spiro atoms. The van der Waals surface area contributed by atoms with Gasteiger partial charge in [-0.25, -0.2) is 4.98 Å². The monoisotopic (exact) mass is 637 g/mol. The smallest absolute Gasteiger partial charge is 0.0900 e. The second-order valence-electron chi connectivity index (χ2n) is 12.4. The average Bonchev–Trinajstić information content (AvgIpc) is 3.21. The van der Waals surface area contributed by atoms with E-state index in [0.717, 1.165) is 39.5 Å². The van der Waals surface area contributed by atoms with Crippen molar-refractivity contribution in [2.24, 2.45) is 0 Å². The summed E-state index contributed by atoms with van der Waals surface area (Å²) >= 11 is 0. The molecule has 3 nitrogen and oxygen atoms in total. The van der Waals surface area contributed by atoms with Crippen LogP contribution in [0.5, 0.6) is 0 Å². The van der Waals surface area contributed by atoms with Gasteiger partial charge in [0.25, 0.3) is 0 Å². The first-order chi connectivity index (χ1) is 24.8. The Morgan fingerprint density at radius 3 is 1.30 bits per heavy atom. The summed E-state index contributed by atoms with van der Waals surface area (Å²) in [4.78, 5) is 14.1. The van der Waals surface area contributed by atoms with Crippen LogP contribution in [-0.2, 0) is 0 Å². The fourth-order valence-electron chi connectivity index (χ4n) is 6.94. The highest BCUT2D eigenvalue weighted by Gasteiger charge is 2.13. The first kappa shape index (κ1) is 29.4. The standard InChI is InChI=1S/C47H31N3/c1-2-14-40-36(11-1)29-43(42-16-6-5-15-41(40)42)35-25-23-34(24-26-35)39-13-4-3-12-38(39)33-21-19-32(20-22-33)37-30-46(44-17-7-9-27-48-44)50-47(31-37)45-18-8-10-28-49-45/h1-31H. The molecule has 0 saturated carbocycles. The fourth-order valence-corrected chi connectivity index (χ4v) is 6.94. The highest BCUT2D eigenvalue weighted by molar-refractivity contribution is 6.13. The summed E-state index contributed by atoms with van der Waals surface area (Å²) in [5.41, 5.74) is 12.7. The molecule has 3 heterocycles. The van der Waals surface area contributed by atoms with Gasteiger partial charge < -0.3 is 0 Å². The molecule has 0 saturated heterocycles. The summed E-state index contributed by atoms with van der Waals surface area (Å²) in [5, 5.41) is 5.10. The number of aromatic nitrogens is 3. The number of hydrogen-bond donors (Lipinski definition) is 0. The van der Waals surface area contributed by atoms with Crippen LogP contribution in [0.3, 0.4) is 0 Å². The van der Waals surface area contributed by atoms with Crippen molar-refractivity contribution in [1.82, 2.24) is 15.0 Å². The molecule has 3 aromatic heterocycles. The third-order valence-corrected chi connectivity index (χ3v) is 9.41. The molecule has 0 N–H and O–H groups in total. The number of hydrogen-bond acceptors (Lipinski definition) is 3. The van der Waals surface area contributed by atoms with Crippen LogP contribution in [-0.4, -0.2) is 15.0 Å². The molecule has 0 amide bonds. The third-order valence-electron chi connectivity index (χ3n) is 9.41. The number of benzene rings is 6. The molecule has 0 unspecified atom stereocenters. The highest BCUT2D eigenvalue weighted by atomic mass is 14.8. The van der Waals surface area contributed by atoms with E-state index in [4.69, 9.17) is 4.98 Å². The summed E-state index contributed by atoms with van der Waals surface area (Å²) in [6, 6.07) is 62.2. The zero-order valence-corrected chi connectivity index (χ0v) is 27.2. The molecule has 50 heavy (non-hydrogen) atoms. The van der Waals surface area contributed by atoms with Gasteiger partial charge in [-0.2, -0.15) is 0 Å². The van der Waals surface area contributed by atoms with E-state index < -0.39 is 0 Å². The lowest BCUT2D eigenvalue weighted by Crippen LogP contribution is -1.94. The Morgan fingerprint density at radius 1 is 0.280 bits per heavy atom. The van der Waals surface area contributed by atoms with Crippen LogP contribution in [0.25, 0.3) is 88.8 Å². The van der Waals surface area contributed by atoms with Crippen molar-refractivity contribution in [2.75, 3.05) is 0 Å². The highest BCUT2D eigenvalue weighted by Crippen LogP contribution is 2.38. The average molecular weight is 638 g/mol. The molecule has 6 aromatic carbocycles. The van der Waals surface area contributed by atoms with Gasteiger partial charge in [0.15, 0.2) is 0 Å². The third kappa shape index (κ3) is 5.51. The molecule has 3 heteroatoms. The quantitative estimate of drug-likeness (QED) is 0.170. The lowest BCUT2D eigenvalue weighted by Gasteiger charge is -2.14. The van der Waals surface area contributed by atoms with Gasteiger partial charge in [0.1, 0.15) is 0 Å². The maximum atomic E-state index is 4.94. The van der Waals surface area contributed by atoms with E-state index in [9.17, 15) is 0 Å². The van der Waals surface area contributed by atoms with E-state index in [-0.39, 0.29) is 0 Å². The predicted octanol–water partition coefficient (Wildman–Crippen LogP) is 12.2. The molecular formula is C47H31N3. The van der Waals surface area contributed by atoms with Crippen molar-refractivity contribution in [1.29, 1.82) is 0 Å². The van der Waals surface area contributed by atoms with Gasteiger partial charge in [-0.3, -0.25) is 9.97 Å². The van der Waals surface area contributed by atoms with Crippen molar-refractivity contribution >= 4 is 21.5 Å². The Hall–Kier alpha value is -6.71. The molecule has 0 aliphatic rings. The van der Waals surface area contributed by atoms with Gasteiger partial charge in [0, 0.05) is 12.4 Å². The molecule has 0 aliphatic heterocycles. The van der Waals surface area contributed by atoms with Gasteiger partial charge in [0.05, 0.1) is 22.8 Å². The van der Waals surface area contributed by atoms with E-state index in [0.29, 0.717) is 0 Å².